The minimum Gasteiger partial charge on any atom is -0.346 e. The second-order valence-electron chi connectivity index (χ2n) is 7.03. The average molecular weight is 352 g/mol. The summed E-state index contributed by atoms with van der Waals surface area (Å²) in [5.74, 6) is 0.421. The number of hydrogen-bond acceptors (Lipinski definition) is 6. The van der Waals surface area contributed by atoms with Crippen molar-refractivity contribution in [3.63, 3.8) is 0 Å². The molecule has 8 heteroatoms. The van der Waals surface area contributed by atoms with E-state index in [1.165, 1.54) is 5.56 Å². The number of nitrogens with zero attached hydrogens (tertiary/aromatic N) is 5. The highest BCUT2D eigenvalue weighted by Crippen LogP contribution is 2.32. The lowest BCUT2D eigenvalue weighted by molar-refractivity contribution is 0.0937. The molecule has 1 saturated heterocycles. The van der Waals surface area contributed by atoms with Crippen LogP contribution in [0.25, 0.3) is 5.52 Å². The molecule has 2 fully saturated rings. The minimum absolute atomic E-state index is 0.0450. The van der Waals surface area contributed by atoms with Crippen LogP contribution in [0.2, 0.25) is 0 Å². The number of hydrogen-bond donors (Lipinski definition) is 1. The minimum atomic E-state index is -0.241. The summed E-state index contributed by atoms with van der Waals surface area (Å²) in [6.07, 6.45) is 7.94. The van der Waals surface area contributed by atoms with E-state index in [-0.39, 0.29) is 23.8 Å². The van der Waals surface area contributed by atoms with Gasteiger partial charge in [0.1, 0.15) is 0 Å². The van der Waals surface area contributed by atoms with E-state index in [2.05, 4.69) is 31.5 Å². The number of rotatable bonds is 5. The van der Waals surface area contributed by atoms with Gasteiger partial charge in [-0.15, -0.1) is 0 Å². The van der Waals surface area contributed by atoms with Gasteiger partial charge >= 0.3 is 0 Å². The molecule has 1 N–H and O–H groups in total. The van der Waals surface area contributed by atoms with E-state index in [0.717, 1.165) is 44.3 Å². The van der Waals surface area contributed by atoms with Crippen LogP contribution in [-0.4, -0.2) is 43.1 Å². The lowest BCUT2D eigenvalue weighted by Gasteiger charge is -2.20. The molecular weight excluding hydrogens is 332 g/mol. The van der Waals surface area contributed by atoms with Gasteiger partial charge in [0.05, 0.1) is 17.8 Å². The Hall–Kier alpha value is -2.74. The standard InChI is InChI=1S/C18H20N6O2/c25-17(20-13-6-7-13)16-21-18(26-22-16)15-5-3-8-23(15)11-12-10-19-24-9-2-1-4-14(12)24/h1-2,4,9-10,13,15H,3,5-8,11H2,(H,20,25)/t15-/m1/s1. The first kappa shape index (κ1) is 15.5. The molecule has 0 radical (unpaired) electrons. The van der Waals surface area contributed by atoms with Gasteiger partial charge in [-0.3, -0.25) is 9.69 Å². The van der Waals surface area contributed by atoms with Crippen LogP contribution in [0.5, 0.6) is 0 Å². The van der Waals surface area contributed by atoms with Crippen molar-refractivity contribution in [1.82, 2.24) is 30.0 Å². The van der Waals surface area contributed by atoms with E-state index >= 15 is 0 Å². The fourth-order valence-electron chi connectivity index (χ4n) is 3.56. The molecule has 0 spiro atoms. The quantitative estimate of drug-likeness (QED) is 0.755. The maximum absolute atomic E-state index is 12.1. The van der Waals surface area contributed by atoms with E-state index in [1.807, 2.05) is 29.0 Å². The topological polar surface area (TPSA) is 88.6 Å². The van der Waals surface area contributed by atoms with Crippen molar-refractivity contribution >= 4 is 11.4 Å². The highest BCUT2D eigenvalue weighted by molar-refractivity contribution is 5.90. The number of carbonyl (C=O) groups excluding carboxylic acids is 1. The highest BCUT2D eigenvalue weighted by Gasteiger charge is 2.33. The van der Waals surface area contributed by atoms with Crippen LogP contribution in [0.4, 0.5) is 0 Å². The van der Waals surface area contributed by atoms with Gasteiger partial charge in [-0.2, -0.15) is 10.1 Å². The van der Waals surface area contributed by atoms with Crippen molar-refractivity contribution in [1.29, 1.82) is 0 Å². The number of amides is 1. The monoisotopic (exact) mass is 352 g/mol. The normalized spacial score (nSPS) is 20.7. The summed E-state index contributed by atoms with van der Waals surface area (Å²) in [4.78, 5) is 18.8. The molecule has 1 atom stereocenters. The zero-order valence-corrected chi connectivity index (χ0v) is 14.3. The molecule has 5 rings (SSSR count). The summed E-state index contributed by atoms with van der Waals surface area (Å²) >= 11 is 0. The molecule has 1 aliphatic carbocycles. The van der Waals surface area contributed by atoms with Crippen LogP contribution < -0.4 is 5.32 Å². The molecule has 1 amide bonds. The van der Waals surface area contributed by atoms with Gasteiger partial charge in [0, 0.05) is 24.3 Å². The predicted molar refractivity (Wildman–Crippen MR) is 92.4 cm³/mol. The van der Waals surface area contributed by atoms with E-state index in [1.54, 1.807) is 0 Å². The first-order valence-corrected chi connectivity index (χ1v) is 9.08. The fourth-order valence-corrected chi connectivity index (χ4v) is 3.56. The molecule has 0 bridgehead atoms. The zero-order valence-electron chi connectivity index (χ0n) is 14.3. The van der Waals surface area contributed by atoms with Crippen LogP contribution in [0.3, 0.4) is 0 Å². The molecule has 1 saturated carbocycles. The van der Waals surface area contributed by atoms with Crippen LogP contribution in [0.1, 0.15) is 53.8 Å². The number of fused-ring (bicyclic) bond motifs is 1. The third kappa shape index (κ3) is 2.86. The molecule has 3 aromatic rings. The number of aromatic nitrogens is 4. The number of nitrogens with one attached hydrogen (secondary N) is 1. The first-order chi connectivity index (χ1) is 12.8. The Morgan fingerprint density at radius 2 is 2.23 bits per heavy atom. The van der Waals surface area contributed by atoms with Crippen molar-refractivity contribution in [3.05, 3.63) is 47.9 Å². The van der Waals surface area contributed by atoms with Crippen molar-refractivity contribution in [2.75, 3.05) is 6.54 Å². The second-order valence-corrected chi connectivity index (χ2v) is 7.03. The van der Waals surface area contributed by atoms with Gasteiger partial charge < -0.3 is 9.84 Å². The molecule has 2 aliphatic rings. The zero-order chi connectivity index (χ0) is 17.5. The smallest absolute Gasteiger partial charge is 0.292 e. The van der Waals surface area contributed by atoms with Crippen molar-refractivity contribution in [2.45, 2.75) is 44.3 Å². The first-order valence-electron chi connectivity index (χ1n) is 9.08. The number of likely N-dealkylation sites (tertiary alicyclic amines) is 1. The predicted octanol–water partition coefficient (Wildman–Crippen LogP) is 1.95. The van der Waals surface area contributed by atoms with Gasteiger partial charge in [0.2, 0.25) is 5.89 Å². The second kappa shape index (κ2) is 6.21. The van der Waals surface area contributed by atoms with Gasteiger partial charge in [-0.1, -0.05) is 11.2 Å². The Labute approximate surface area is 150 Å². The van der Waals surface area contributed by atoms with Crippen LogP contribution in [0.15, 0.2) is 35.1 Å². The molecule has 0 aromatic carbocycles. The Kier molecular flexibility index (Phi) is 3.70. The summed E-state index contributed by atoms with van der Waals surface area (Å²) in [7, 11) is 0. The van der Waals surface area contributed by atoms with Gasteiger partial charge in [-0.05, 0) is 44.4 Å². The lowest BCUT2D eigenvalue weighted by Crippen LogP contribution is -2.27. The molecule has 26 heavy (non-hydrogen) atoms. The average Bonchev–Trinajstić information content (AvgIpc) is 3.07. The van der Waals surface area contributed by atoms with Crippen molar-refractivity contribution in [3.8, 4) is 0 Å². The number of carbonyl (C=O) groups is 1. The lowest BCUT2D eigenvalue weighted by atomic mass is 10.2. The number of pyridine rings is 1. The van der Waals surface area contributed by atoms with Gasteiger partial charge in [0.25, 0.3) is 11.7 Å². The Morgan fingerprint density at radius 3 is 3.12 bits per heavy atom. The maximum atomic E-state index is 12.1. The van der Waals surface area contributed by atoms with Gasteiger partial charge in [-0.25, -0.2) is 4.52 Å². The molecule has 8 nitrogen and oxygen atoms in total. The SMILES string of the molecule is O=C(NC1CC1)c1noc([C@H]2CCCN2Cc2cnn3ccccc23)n1. The largest absolute Gasteiger partial charge is 0.346 e. The molecule has 3 aromatic heterocycles. The molecule has 1 aliphatic heterocycles. The van der Waals surface area contributed by atoms with E-state index in [9.17, 15) is 4.79 Å². The van der Waals surface area contributed by atoms with Crippen molar-refractivity contribution in [2.24, 2.45) is 0 Å². The summed E-state index contributed by atoms with van der Waals surface area (Å²) in [6, 6.07) is 6.38. The van der Waals surface area contributed by atoms with Crippen LogP contribution in [-0.2, 0) is 6.54 Å². The van der Waals surface area contributed by atoms with E-state index in [4.69, 9.17) is 4.52 Å². The third-order valence-electron chi connectivity index (χ3n) is 5.09. The fraction of sp³-hybridized carbons (Fsp3) is 0.444. The summed E-state index contributed by atoms with van der Waals surface area (Å²) in [5.41, 5.74) is 2.27. The summed E-state index contributed by atoms with van der Waals surface area (Å²) < 4.78 is 7.31. The Balaban J connectivity index is 1.34. The van der Waals surface area contributed by atoms with E-state index < -0.39 is 0 Å². The molecular formula is C18H20N6O2. The third-order valence-corrected chi connectivity index (χ3v) is 5.09. The maximum Gasteiger partial charge on any atom is 0.292 e. The molecule has 0 unspecified atom stereocenters. The summed E-state index contributed by atoms with van der Waals surface area (Å²) in [5, 5.41) is 11.2. The van der Waals surface area contributed by atoms with E-state index in [0.29, 0.717) is 5.89 Å². The van der Waals surface area contributed by atoms with Crippen LogP contribution in [0, 0.1) is 0 Å². The highest BCUT2D eigenvalue weighted by atomic mass is 16.5. The molecule has 4 heterocycles. The van der Waals surface area contributed by atoms with Gasteiger partial charge in [0.15, 0.2) is 0 Å². The molecule has 134 valence electrons. The Bertz CT molecular complexity index is 944. The van der Waals surface area contributed by atoms with Crippen molar-refractivity contribution < 1.29 is 9.32 Å². The Morgan fingerprint density at radius 1 is 1.31 bits per heavy atom. The van der Waals surface area contributed by atoms with Crippen LogP contribution >= 0.6 is 0 Å². The summed E-state index contributed by atoms with van der Waals surface area (Å²) in [6.45, 7) is 1.73.